The van der Waals surface area contributed by atoms with Crippen molar-refractivity contribution < 1.29 is 9.53 Å². The molecule has 1 fully saturated rings. The summed E-state index contributed by atoms with van der Waals surface area (Å²) in [7, 11) is 1.56. The molecule has 7 nitrogen and oxygen atoms in total. The Bertz CT molecular complexity index is 759. The molecular weight excluding hydrogens is 330 g/mol. The number of aromatic nitrogens is 2. The molecule has 2 heterocycles. The highest BCUT2D eigenvalue weighted by atomic mass is 16.5. The molecule has 1 aliphatic heterocycles. The highest BCUT2D eigenvalue weighted by Gasteiger charge is 2.15. The Labute approximate surface area is 153 Å². The summed E-state index contributed by atoms with van der Waals surface area (Å²) >= 11 is 0. The monoisotopic (exact) mass is 355 g/mol. The van der Waals surface area contributed by atoms with Crippen molar-refractivity contribution in [3.05, 3.63) is 41.7 Å². The minimum atomic E-state index is -0.152. The summed E-state index contributed by atoms with van der Waals surface area (Å²) in [6.45, 7) is 5.06. The number of nitrogens with one attached hydrogen (secondary N) is 2. The molecule has 0 radical (unpaired) electrons. The Kier molecular flexibility index (Phi) is 5.88. The minimum Gasteiger partial charge on any atom is -0.496 e. The summed E-state index contributed by atoms with van der Waals surface area (Å²) in [5, 5.41) is 6.15. The number of hydrogen-bond donors (Lipinski definition) is 2. The molecule has 0 atom stereocenters. The van der Waals surface area contributed by atoms with Gasteiger partial charge in [0.05, 0.1) is 12.7 Å². The zero-order valence-corrected chi connectivity index (χ0v) is 15.3. The summed E-state index contributed by atoms with van der Waals surface area (Å²) in [4.78, 5) is 23.5. The summed E-state index contributed by atoms with van der Waals surface area (Å²) in [5.74, 6) is 2.91. The molecule has 1 aliphatic rings. The van der Waals surface area contributed by atoms with E-state index in [-0.39, 0.29) is 5.91 Å². The molecule has 1 saturated heterocycles. The Hall–Kier alpha value is -2.83. The van der Waals surface area contributed by atoms with Gasteiger partial charge in [-0.25, -0.2) is 9.97 Å². The van der Waals surface area contributed by atoms with Gasteiger partial charge in [0.25, 0.3) is 5.91 Å². The van der Waals surface area contributed by atoms with Gasteiger partial charge in [-0.3, -0.25) is 4.79 Å². The molecule has 2 aromatic rings. The van der Waals surface area contributed by atoms with Crippen LogP contribution in [0.4, 0.5) is 11.6 Å². The van der Waals surface area contributed by atoms with Crippen LogP contribution >= 0.6 is 0 Å². The summed E-state index contributed by atoms with van der Waals surface area (Å²) in [6, 6.07) is 9.15. The SMILES string of the molecule is COc1ccccc1C(=O)NCCNc1cc(N2CCCC2)nc(C)n1. The van der Waals surface area contributed by atoms with Gasteiger partial charge in [-0.1, -0.05) is 12.1 Å². The molecule has 138 valence electrons. The van der Waals surface area contributed by atoms with Gasteiger partial charge in [0.2, 0.25) is 0 Å². The second-order valence-corrected chi connectivity index (χ2v) is 6.24. The van der Waals surface area contributed by atoms with E-state index in [0.29, 0.717) is 24.4 Å². The maximum atomic E-state index is 12.3. The molecule has 0 unspecified atom stereocenters. The highest BCUT2D eigenvalue weighted by Crippen LogP contribution is 2.20. The zero-order valence-electron chi connectivity index (χ0n) is 15.3. The van der Waals surface area contributed by atoms with E-state index < -0.39 is 0 Å². The average molecular weight is 355 g/mol. The van der Waals surface area contributed by atoms with Crippen LogP contribution in [0.2, 0.25) is 0 Å². The number of carbonyl (C=O) groups is 1. The van der Waals surface area contributed by atoms with Crippen molar-refractivity contribution in [2.75, 3.05) is 43.5 Å². The highest BCUT2D eigenvalue weighted by molar-refractivity contribution is 5.96. The van der Waals surface area contributed by atoms with Crippen molar-refractivity contribution in [2.45, 2.75) is 19.8 Å². The van der Waals surface area contributed by atoms with Crippen molar-refractivity contribution in [1.29, 1.82) is 0 Å². The molecule has 0 aliphatic carbocycles. The number of benzene rings is 1. The lowest BCUT2D eigenvalue weighted by Gasteiger charge is -2.18. The van der Waals surface area contributed by atoms with Crippen LogP contribution in [0, 0.1) is 6.92 Å². The van der Waals surface area contributed by atoms with Crippen molar-refractivity contribution in [2.24, 2.45) is 0 Å². The fourth-order valence-corrected chi connectivity index (χ4v) is 3.04. The summed E-state index contributed by atoms with van der Waals surface area (Å²) in [6.07, 6.45) is 2.42. The molecular formula is C19H25N5O2. The standard InChI is InChI=1S/C19H25N5O2/c1-14-22-17(13-18(23-14)24-11-5-6-12-24)20-9-10-21-19(25)15-7-3-4-8-16(15)26-2/h3-4,7-8,13H,5-6,9-12H2,1-2H3,(H,21,25)(H,20,22,23). The fourth-order valence-electron chi connectivity index (χ4n) is 3.04. The van der Waals surface area contributed by atoms with Crippen molar-refractivity contribution >= 4 is 17.5 Å². The number of ether oxygens (including phenoxy) is 1. The first kappa shape index (κ1) is 18.0. The number of amides is 1. The van der Waals surface area contributed by atoms with Crippen LogP contribution in [0.5, 0.6) is 5.75 Å². The smallest absolute Gasteiger partial charge is 0.255 e. The Morgan fingerprint density at radius 1 is 1.19 bits per heavy atom. The number of aryl methyl sites for hydroxylation is 1. The fraction of sp³-hybridized carbons (Fsp3) is 0.421. The normalized spacial score (nSPS) is 13.5. The van der Waals surface area contributed by atoms with Gasteiger partial charge >= 0.3 is 0 Å². The van der Waals surface area contributed by atoms with E-state index in [0.717, 1.165) is 30.5 Å². The molecule has 0 bridgehead atoms. The van der Waals surface area contributed by atoms with E-state index in [2.05, 4.69) is 25.5 Å². The second kappa shape index (κ2) is 8.51. The number of hydrogen-bond acceptors (Lipinski definition) is 6. The van der Waals surface area contributed by atoms with Gasteiger partial charge < -0.3 is 20.3 Å². The predicted molar refractivity (Wildman–Crippen MR) is 102 cm³/mol. The van der Waals surface area contributed by atoms with Crippen molar-refractivity contribution in [3.63, 3.8) is 0 Å². The van der Waals surface area contributed by atoms with Gasteiger partial charge in [0.1, 0.15) is 23.2 Å². The van der Waals surface area contributed by atoms with Crippen molar-refractivity contribution in [1.82, 2.24) is 15.3 Å². The average Bonchev–Trinajstić information content (AvgIpc) is 3.19. The Balaban J connectivity index is 1.52. The third kappa shape index (κ3) is 4.41. The molecule has 26 heavy (non-hydrogen) atoms. The summed E-state index contributed by atoms with van der Waals surface area (Å²) in [5.41, 5.74) is 0.532. The van der Waals surface area contributed by atoms with Gasteiger partial charge in [-0.15, -0.1) is 0 Å². The lowest BCUT2D eigenvalue weighted by molar-refractivity contribution is 0.0952. The van der Waals surface area contributed by atoms with E-state index in [4.69, 9.17) is 4.74 Å². The molecule has 1 aromatic heterocycles. The Morgan fingerprint density at radius 3 is 2.73 bits per heavy atom. The van der Waals surface area contributed by atoms with Crippen LogP contribution in [0.25, 0.3) is 0 Å². The number of para-hydroxylation sites is 1. The lowest BCUT2D eigenvalue weighted by Crippen LogP contribution is -2.29. The van der Waals surface area contributed by atoms with Crippen LogP contribution in [0.3, 0.4) is 0 Å². The third-order valence-corrected chi connectivity index (χ3v) is 4.32. The topological polar surface area (TPSA) is 79.4 Å². The number of anilines is 2. The van der Waals surface area contributed by atoms with E-state index >= 15 is 0 Å². The maximum absolute atomic E-state index is 12.3. The Morgan fingerprint density at radius 2 is 1.96 bits per heavy atom. The van der Waals surface area contributed by atoms with Crippen LogP contribution in [-0.4, -0.2) is 49.2 Å². The molecule has 3 rings (SSSR count). The molecule has 1 amide bonds. The van der Waals surface area contributed by atoms with Crippen LogP contribution in [0.1, 0.15) is 29.0 Å². The van der Waals surface area contributed by atoms with Gasteiger partial charge in [0.15, 0.2) is 0 Å². The van der Waals surface area contributed by atoms with Crippen molar-refractivity contribution in [3.8, 4) is 5.75 Å². The van der Waals surface area contributed by atoms with E-state index in [1.54, 1.807) is 19.2 Å². The first-order valence-corrected chi connectivity index (χ1v) is 8.93. The molecule has 0 saturated carbocycles. The largest absolute Gasteiger partial charge is 0.496 e. The van der Waals surface area contributed by atoms with E-state index in [9.17, 15) is 4.79 Å². The predicted octanol–water partition coefficient (Wildman–Crippen LogP) is 2.24. The molecule has 7 heteroatoms. The van der Waals surface area contributed by atoms with Crippen LogP contribution in [-0.2, 0) is 0 Å². The van der Waals surface area contributed by atoms with Gasteiger partial charge in [-0.05, 0) is 31.9 Å². The number of rotatable bonds is 7. The third-order valence-electron chi connectivity index (χ3n) is 4.32. The van der Waals surface area contributed by atoms with Gasteiger partial charge in [0, 0.05) is 32.2 Å². The number of carbonyl (C=O) groups excluding carboxylic acids is 1. The number of methoxy groups -OCH3 is 1. The second-order valence-electron chi connectivity index (χ2n) is 6.24. The quantitative estimate of drug-likeness (QED) is 0.742. The summed E-state index contributed by atoms with van der Waals surface area (Å²) < 4.78 is 5.22. The van der Waals surface area contributed by atoms with E-state index in [1.165, 1.54) is 12.8 Å². The zero-order chi connectivity index (χ0) is 18.4. The lowest BCUT2D eigenvalue weighted by atomic mass is 10.2. The van der Waals surface area contributed by atoms with E-state index in [1.807, 2.05) is 25.1 Å². The molecule has 0 spiro atoms. The first-order valence-electron chi connectivity index (χ1n) is 8.93. The first-order chi connectivity index (χ1) is 12.7. The van der Waals surface area contributed by atoms with Crippen LogP contribution < -0.4 is 20.3 Å². The molecule has 1 aromatic carbocycles. The number of nitrogens with zero attached hydrogens (tertiary/aromatic N) is 3. The van der Waals surface area contributed by atoms with Crippen LogP contribution in [0.15, 0.2) is 30.3 Å². The molecule has 2 N–H and O–H groups in total. The maximum Gasteiger partial charge on any atom is 0.255 e. The minimum absolute atomic E-state index is 0.152. The van der Waals surface area contributed by atoms with Gasteiger partial charge in [-0.2, -0.15) is 0 Å².